The molecule has 0 saturated heterocycles. The Morgan fingerprint density at radius 3 is 2.37 bits per heavy atom. The third-order valence-corrected chi connectivity index (χ3v) is 4.61. The SMILES string of the molecule is CC(=O)c1cc2c(cc1F)OC(C)(C)[C@H](O)[C@H]2NC(=O)c1ccc(F)cc1. The van der Waals surface area contributed by atoms with Crippen LogP contribution in [0.25, 0.3) is 0 Å². The van der Waals surface area contributed by atoms with Crippen LogP contribution in [0.2, 0.25) is 0 Å². The minimum atomic E-state index is -1.17. The fraction of sp³-hybridized carbons (Fsp3) is 0.300. The van der Waals surface area contributed by atoms with Crippen molar-refractivity contribution in [3.63, 3.8) is 0 Å². The van der Waals surface area contributed by atoms with Gasteiger partial charge in [-0.2, -0.15) is 0 Å². The zero-order valence-electron chi connectivity index (χ0n) is 15.0. The van der Waals surface area contributed by atoms with Crippen LogP contribution in [-0.4, -0.2) is 28.5 Å². The molecule has 7 heteroatoms. The van der Waals surface area contributed by atoms with Gasteiger partial charge in [-0.3, -0.25) is 9.59 Å². The van der Waals surface area contributed by atoms with Gasteiger partial charge in [-0.15, -0.1) is 0 Å². The van der Waals surface area contributed by atoms with E-state index in [1.807, 2.05) is 0 Å². The number of fused-ring (bicyclic) bond motifs is 1. The van der Waals surface area contributed by atoms with Gasteiger partial charge < -0.3 is 15.2 Å². The van der Waals surface area contributed by atoms with E-state index in [9.17, 15) is 23.5 Å². The van der Waals surface area contributed by atoms with Gasteiger partial charge in [-0.1, -0.05) is 0 Å². The first-order valence-electron chi connectivity index (χ1n) is 8.38. The molecule has 0 unspecified atom stereocenters. The minimum absolute atomic E-state index is 0.136. The molecule has 3 rings (SSSR count). The molecule has 5 nitrogen and oxygen atoms in total. The second-order valence-corrected chi connectivity index (χ2v) is 7.03. The topological polar surface area (TPSA) is 75.6 Å². The Balaban J connectivity index is 2.03. The van der Waals surface area contributed by atoms with Crippen LogP contribution in [0.1, 0.15) is 53.1 Å². The number of ether oxygens (including phenoxy) is 1. The van der Waals surface area contributed by atoms with Crippen molar-refractivity contribution < 1.29 is 28.2 Å². The van der Waals surface area contributed by atoms with E-state index in [0.29, 0.717) is 5.56 Å². The molecular formula is C20H19F2NO4. The number of amides is 1. The molecule has 2 N–H and O–H groups in total. The van der Waals surface area contributed by atoms with Gasteiger partial charge in [0, 0.05) is 17.2 Å². The average molecular weight is 375 g/mol. The Morgan fingerprint density at radius 1 is 1.15 bits per heavy atom. The van der Waals surface area contributed by atoms with E-state index in [1.165, 1.54) is 25.1 Å². The molecule has 1 aliphatic heterocycles. The molecule has 1 amide bonds. The molecule has 142 valence electrons. The van der Waals surface area contributed by atoms with Crippen molar-refractivity contribution in [3.8, 4) is 5.75 Å². The molecule has 2 aromatic carbocycles. The van der Waals surface area contributed by atoms with E-state index in [1.54, 1.807) is 13.8 Å². The van der Waals surface area contributed by atoms with Crippen molar-refractivity contribution in [1.82, 2.24) is 5.32 Å². The zero-order chi connectivity index (χ0) is 19.9. The van der Waals surface area contributed by atoms with Crippen molar-refractivity contribution in [2.75, 3.05) is 0 Å². The highest BCUT2D eigenvalue weighted by atomic mass is 19.1. The third-order valence-electron chi connectivity index (χ3n) is 4.61. The van der Waals surface area contributed by atoms with E-state index in [2.05, 4.69) is 5.32 Å². The first-order valence-corrected chi connectivity index (χ1v) is 8.38. The predicted molar refractivity (Wildman–Crippen MR) is 93.7 cm³/mol. The van der Waals surface area contributed by atoms with Gasteiger partial charge in [0.05, 0.1) is 11.6 Å². The number of carbonyl (C=O) groups excluding carboxylic acids is 2. The van der Waals surface area contributed by atoms with Crippen LogP contribution in [0, 0.1) is 11.6 Å². The molecule has 27 heavy (non-hydrogen) atoms. The highest BCUT2D eigenvalue weighted by Gasteiger charge is 2.44. The van der Waals surface area contributed by atoms with Crippen LogP contribution in [0.5, 0.6) is 5.75 Å². The summed E-state index contributed by atoms with van der Waals surface area (Å²) in [6, 6.07) is 6.34. The molecule has 0 saturated carbocycles. The Morgan fingerprint density at radius 2 is 1.78 bits per heavy atom. The number of Topliss-reactive ketones (excluding diaryl/α,β-unsaturated/α-hetero) is 1. The normalized spacial score (nSPS) is 20.4. The van der Waals surface area contributed by atoms with Crippen LogP contribution in [0.15, 0.2) is 36.4 Å². The number of halogens is 2. The van der Waals surface area contributed by atoms with Crippen molar-refractivity contribution in [1.29, 1.82) is 0 Å². The van der Waals surface area contributed by atoms with Gasteiger partial charge in [-0.05, 0) is 51.1 Å². The van der Waals surface area contributed by atoms with E-state index < -0.39 is 41.1 Å². The third kappa shape index (κ3) is 3.55. The Kier molecular flexibility index (Phi) is 4.73. The predicted octanol–water partition coefficient (Wildman–Crippen LogP) is 3.17. The molecule has 0 aliphatic carbocycles. The van der Waals surface area contributed by atoms with E-state index in [-0.39, 0.29) is 16.9 Å². The van der Waals surface area contributed by atoms with E-state index in [4.69, 9.17) is 4.74 Å². The first kappa shape index (κ1) is 19.0. The van der Waals surface area contributed by atoms with Crippen LogP contribution in [0.4, 0.5) is 8.78 Å². The molecule has 2 atom stereocenters. The number of carbonyl (C=O) groups is 2. The minimum Gasteiger partial charge on any atom is -0.485 e. The second kappa shape index (κ2) is 6.74. The highest BCUT2D eigenvalue weighted by molar-refractivity contribution is 5.96. The lowest BCUT2D eigenvalue weighted by atomic mass is 9.85. The molecule has 0 aromatic heterocycles. The second-order valence-electron chi connectivity index (χ2n) is 7.03. The van der Waals surface area contributed by atoms with Crippen molar-refractivity contribution in [2.45, 2.75) is 38.5 Å². The van der Waals surface area contributed by atoms with Gasteiger partial charge in [0.15, 0.2) is 5.78 Å². The van der Waals surface area contributed by atoms with Gasteiger partial charge in [0.1, 0.15) is 29.1 Å². The van der Waals surface area contributed by atoms with Crippen LogP contribution < -0.4 is 10.1 Å². The van der Waals surface area contributed by atoms with Crippen LogP contribution in [-0.2, 0) is 0 Å². The summed E-state index contributed by atoms with van der Waals surface area (Å²) in [4.78, 5) is 24.2. The average Bonchev–Trinajstić information content (AvgIpc) is 2.58. The number of nitrogens with one attached hydrogen (secondary N) is 1. The number of aliphatic hydroxyl groups is 1. The summed E-state index contributed by atoms with van der Waals surface area (Å²) in [5.41, 5.74) is -0.782. The zero-order valence-corrected chi connectivity index (χ0v) is 15.0. The largest absolute Gasteiger partial charge is 0.485 e. The lowest BCUT2D eigenvalue weighted by molar-refractivity contribution is -0.0629. The van der Waals surface area contributed by atoms with Crippen molar-refractivity contribution >= 4 is 11.7 Å². The maximum absolute atomic E-state index is 14.2. The van der Waals surface area contributed by atoms with Crippen LogP contribution >= 0.6 is 0 Å². The first-order chi connectivity index (χ1) is 12.6. The van der Waals surface area contributed by atoms with Crippen molar-refractivity contribution in [2.24, 2.45) is 0 Å². The van der Waals surface area contributed by atoms with Gasteiger partial charge in [0.2, 0.25) is 0 Å². The summed E-state index contributed by atoms with van der Waals surface area (Å²) < 4.78 is 32.9. The summed E-state index contributed by atoms with van der Waals surface area (Å²) in [6.45, 7) is 4.43. The molecule has 1 heterocycles. The molecular weight excluding hydrogens is 356 g/mol. The summed E-state index contributed by atoms with van der Waals surface area (Å²) in [6.07, 6.45) is -1.17. The van der Waals surface area contributed by atoms with Crippen LogP contribution in [0.3, 0.4) is 0 Å². The number of hydrogen-bond donors (Lipinski definition) is 2. The number of rotatable bonds is 3. The van der Waals surface area contributed by atoms with Gasteiger partial charge in [-0.25, -0.2) is 8.78 Å². The maximum Gasteiger partial charge on any atom is 0.251 e. The Hall–Kier alpha value is -2.80. The Labute approximate surface area is 155 Å². The lowest BCUT2D eigenvalue weighted by Gasteiger charge is -2.42. The van der Waals surface area contributed by atoms with E-state index in [0.717, 1.165) is 18.2 Å². The number of ketones is 1. The highest BCUT2D eigenvalue weighted by Crippen LogP contribution is 2.41. The monoisotopic (exact) mass is 375 g/mol. The summed E-state index contributed by atoms with van der Waals surface area (Å²) >= 11 is 0. The molecule has 0 spiro atoms. The van der Waals surface area contributed by atoms with E-state index >= 15 is 0 Å². The summed E-state index contributed by atoms with van der Waals surface area (Å²) in [5, 5.41) is 13.4. The Bertz CT molecular complexity index is 909. The number of aliphatic hydroxyl groups excluding tert-OH is 1. The maximum atomic E-state index is 14.2. The molecule has 0 fully saturated rings. The fourth-order valence-corrected chi connectivity index (χ4v) is 3.07. The number of hydrogen-bond acceptors (Lipinski definition) is 4. The molecule has 0 bridgehead atoms. The molecule has 0 radical (unpaired) electrons. The smallest absolute Gasteiger partial charge is 0.251 e. The van der Waals surface area contributed by atoms with Gasteiger partial charge in [0.25, 0.3) is 5.91 Å². The number of benzene rings is 2. The standard InChI is InChI=1S/C20H19F2NO4/c1-10(24)13-8-14-16(9-15(13)22)27-20(2,3)18(25)17(14)23-19(26)11-4-6-12(21)7-5-11/h4-9,17-18,25H,1-3H3,(H,23,26)/t17-,18+/m0/s1. The molecule has 2 aromatic rings. The van der Waals surface area contributed by atoms with Crippen molar-refractivity contribution in [3.05, 3.63) is 64.7 Å². The lowest BCUT2D eigenvalue weighted by Crippen LogP contribution is -2.53. The summed E-state index contributed by atoms with van der Waals surface area (Å²) in [5.74, 6) is -2.12. The quantitative estimate of drug-likeness (QED) is 0.808. The van der Waals surface area contributed by atoms with Gasteiger partial charge >= 0.3 is 0 Å². The molecule has 1 aliphatic rings. The summed E-state index contributed by atoms with van der Waals surface area (Å²) in [7, 11) is 0. The fourth-order valence-electron chi connectivity index (χ4n) is 3.07.